The van der Waals surface area contributed by atoms with Gasteiger partial charge in [-0.05, 0) is 59.4 Å². The van der Waals surface area contributed by atoms with E-state index in [1.807, 2.05) is 57.2 Å². The number of carboxylic acids is 1. The van der Waals surface area contributed by atoms with E-state index < -0.39 is 5.97 Å². The van der Waals surface area contributed by atoms with Crippen LogP contribution >= 0.6 is 0 Å². The third-order valence-corrected chi connectivity index (χ3v) is 5.28. The Morgan fingerprint density at radius 1 is 0.967 bits per heavy atom. The van der Waals surface area contributed by atoms with Crippen molar-refractivity contribution in [1.82, 2.24) is 15.0 Å². The molecule has 0 bridgehead atoms. The number of benzene rings is 3. The van der Waals surface area contributed by atoms with E-state index in [1.54, 1.807) is 25.1 Å². The van der Waals surface area contributed by atoms with E-state index in [0.29, 0.717) is 11.3 Å². The lowest BCUT2D eigenvalue weighted by atomic mass is 9.83. The summed E-state index contributed by atoms with van der Waals surface area (Å²) in [5.41, 5.74) is 4.80. The van der Waals surface area contributed by atoms with Crippen LogP contribution in [-0.2, 0) is 5.41 Å². The molecule has 0 aliphatic carbocycles. The highest BCUT2D eigenvalue weighted by Crippen LogP contribution is 2.40. The lowest BCUT2D eigenvalue weighted by Crippen LogP contribution is -2.13. The molecule has 3 aromatic carbocycles. The highest BCUT2D eigenvalue weighted by Gasteiger charge is 2.24. The van der Waals surface area contributed by atoms with Gasteiger partial charge in [0.1, 0.15) is 22.5 Å². The van der Waals surface area contributed by atoms with E-state index in [0.717, 1.165) is 27.7 Å². The van der Waals surface area contributed by atoms with Crippen LogP contribution in [0.25, 0.3) is 27.8 Å². The summed E-state index contributed by atoms with van der Waals surface area (Å²) < 4.78 is 0. The van der Waals surface area contributed by atoms with Gasteiger partial charge in [0.2, 0.25) is 0 Å². The van der Waals surface area contributed by atoms with E-state index in [-0.39, 0.29) is 16.7 Å². The maximum Gasteiger partial charge on any atom is 0.335 e. The van der Waals surface area contributed by atoms with Gasteiger partial charge in [-0.15, -0.1) is 15.0 Å². The first kappa shape index (κ1) is 19.6. The number of aromatic hydroxyl groups is 1. The molecule has 4 aromatic rings. The Kier molecular flexibility index (Phi) is 4.57. The molecule has 0 aliphatic rings. The Bertz CT molecular complexity index is 1250. The normalized spacial score (nSPS) is 11.7. The van der Waals surface area contributed by atoms with Gasteiger partial charge in [0, 0.05) is 5.56 Å². The largest absolute Gasteiger partial charge is 0.505 e. The maximum atomic E-state index is 11.6. The van der Waals surface area contributed by atoms with Crippen LogP contribution in [0.2, 0.25) is 0 Å². The first-order valence-electron chi connectivity index (χ1n) is 9.70. The van der Waals surface area contributed by atoms with Crippen LogP contribution < -0.4 is 0 Å². The quantitative estimate of drug-likeness (QED) is 0.499. The molecule has 6 heteroatoms. The number of phenols is 1. The summed E-state index contributed by atoms with van der Waals surface area (Å²) >= 11 is 0. The summed E-state index contributed by atoms with van der Waals surface area (Å²) in [4.78, 5) is 13.0. The van der Waals surface area contributed by atoms with Crippen molar-refractivity contribution in [2.45, 2.75) is 33.1 Å². The predicted molar refractivity (Wildman–Crippen MR) is 116 cm³/mol. The SMILES string of the molecule is Cc1c(C(=O)O)cccc1-c1cc(-n2nc3ccccc3n2)c(O)c(C(C)(C)C)c1. The zero-order valence-corrected chi connectivity index (χ0v) is 17.3. The fraction of sp³-hybridized carbons (Fsp3) is 0.208. The lowest BCUT2D eigenvalue weighted by molar-refractivity contribution is 0.0696. The summed E-state index contributed by atoms with van der Waals surface area (Å²) in [6.07, 6.45) is 0. The predicted octanol–water partition coefficient (Wildman–Crippen LogP) is 5.10. The first-order valence-corrected chi connectivity index (χ1v) is 9.70. The monoisotopic (exact) mass is 401 g/mol. The molecule has 0 atom stereocenters. The molecule has 0 spiro atoms. The van der Waals surface area contributed by atoms with E-state index in [2.05, 4.69) is 10.2 Å². The van der Waals surface area contributed by atoms with Gasteiger partial charge >= 0.3 is 5.97 Å². The lowest BCUT2D eigenvalue weighted by Gasteiger charge is -2.23. The van der Waals surface area contributed by atoms with Crippen molar-refractivity contribution < 1.29 is 15.0 Å². The molecule has 1 heterocycles. The van der Waals surface area contributed by atoms with Crippen molar-refractivity contribution in [3.63, 3.8) is 0 Å². The van der Waals surface area contributed by atoms with E-state index in [4.69, 9.17) is 0 Å². The smallest absolute Gasteiger partial charge is 0.335 e. The Morgan fingerprint density at radius 2 is 1.60 bits per heavy atom. The van der Waals surface area contributed by atoms with Crippen molar-refractivity contribution in [3.05, 3.63) is 71.3 Å². The Morgan fingerprint density at radius 3 is 2.17 bits per heavy atom. The number of phenolic OH excluding ortho intramolecular Hbond substituents is 1. The Balaban J connectivity index is 2.01. The second-order valence-electron chi connectivity index (χ2n) is 8.40. The van der Waals surface area contributed by atoms with Crippen molar-refractivity contribution >= 4 is 17.0 Å². The topological polar surface area (TPSA) is 88.2 Å². The molecule has 4 rings (SSSR count). The summed E-state index contributed by atoms with van der Waals surface area (Å²) in [7, 11) is 0. The third-order valence-electron chi connectivity index (χ3n) is 5.28. The molecular formula is C24H23N3O3. The fourth-order valence-electron chi connectivity index (χ4n) is 3.65. The fourth-order valence-corrected chi connectivity index (χ4v) is 3.65. The Hall–Kier alpha value is -3.67. The number of hydrogen-bond donors (Lipinski definition) is 2. The molecular weight excluding hydrogens is 378 g/mol. The van der Waals surface area contributed by atoms with Crippen LogP contribution in [0.5, 0.6) is 5.75 Å². The summed E-state index contributed by atoms with van der Waals surface area (Å²) in [5.74, 6) is -0.858. The number of carboxylic acid groups (broad SMARTS) is 1. The molecule has 0 amide bonds. The number of aromatic nitrogens is 3. The summed E-state index contributed by atoms with van der Waals surface area (Å²) in [6.45, 7) is 7.85. The van der Waals surface area contributed by atoms with Gasteiger partial charge < -0.3 is 10.2 Å². The molecule has 0 saturated heterocycles. The molecule has 0 aliphatic heterocycles. The number of rotatable bonds is 3. The zero-order valence-electron chi connectivity index (χ0n) is 17.3. The Labute approximate surface area is 174 Å². The minimum Gasteiger partial charge on any atom is -0.505 e. The van der Waals surface area contributed by atoms with Crippen molar-refractivity contribution in [2.75, 3.05) is 0 Å². The molecule has 30 heavy (non-hydrogen) atoms. The number of fused-ring (bicyclic) bond motifs is 1. The zero-order chi connectivity index (χ0) is 21.6. The highest BCUT2D eigenvalue weighted by atomic mass is 16.4. The van der Waals surface area contributed by atoms with E-state index in [9.17, 15) is 15.0 Å². The van der Waals surface area contributed by atoms with Gasteiger partial charge in [0.25, 0.3) is 0 Å². The number of hydrogen-bond acceptors (Lipinski definition) is 4. The molecule has 2 N–H and O–H groups in total. The molecule has 152 valence electrons. The highest BCUT2D eigenvalue weighted by molar-refractivity contribution is 5.92. The van der Waals surface area contributed by atoms with E-state index in [1.165, 1.54) is 4.80 Å². The molecule has 0 radical (unpaired) electrons. The third kappa shape index (κ3) is 3.30. The molecule has 0 fully saturated rings. The van der Waals surface area contributed by atoms with Gasteiger partial charge in [0.05, 0.1) is 5.56 Å². The molecule has 6 nitrogen and oxygen atoms in total. The van der Waals surface area contributed by atoms with Crippen LogP contribution in [0.15, 0.2) is 54.6 Å². The number of carbonyl (C=O) groups is 1. The van der Waals surface area contributed by atoms with Crippen LogP contribution in [0.3, 0.4) is 0 Å². The van der Waals surface area contributed by atoms with Crippen LogP contribution in [-0.4, -0.2) is 31.2 Å². The van der Waals surface area contributed by atoms with Crippen LogP contribution in [0, 0.1) is 6.92 Å². The first-order chi connectivity index (χ1) is 14.2. The minimum atomic E-state index is -0.968. The number of nitrogens with zero attached hydrogens (tertiary/aromatic N) is 3. The van der Waals surface area contributed by atoms with Gasteiger partial charge in [-0.3, -0.25) is 0 Å². The molecule has 0 unspecified atom stereocenters. The van der Waals surface area contributed by atoms with Crippen molar-refractivity contribution in [2.24, 2.45) is 0 Å². The average Bonchev–Trinajstić information content (AvgIpc) is 3.11. The molecule has 1 aromatic heterocycles. The van der Waals surface area contributed by atoms with Crippen molar-refractivity contribution in [3.8, 4) is 22.6 Å². The molecule has 0 saturated carbocycles. The van der Waals surface area contributed by atoms with Gasteiger partial charge in [-0.2, -0.15) is 0 Å². The van der Waals surface area contributed by atoms with Gasteiger partial charge in [-0.1, -0.05) is 45.0 Å². The standard InChI is InChI=1S/C24H23N3O3/c1-14-16(8-7-9-17(14)23(29)30)15-12-18(24(2,3)4)22(28)21(13-15)27-25-19-10-5-6-11-20(19)26-27/h5-13,28H,1-4H3,(H,29,30). The average molecular weight is 401 g/mol. The van der Waals surface area contributed by atoms with Gasteiger partial charge in [-0.25, -0.2) is 4.79 Å². The second kappa shape index (κ2) is 6.99. The summed E-state index contributed by atoms with van der Waals surface area (Å²) in [5, 5.41) is 29.6. The second-order valence-corrected chi connectivity index (χ2v) is 8.40. The van der Waals surface area contributed by atoms with E-state index >= 15 is 0 Å². The number of aromatic carboxylic acids is 1. The summed E-state index contributed by atoms with van der Waals surface area (Å²) in [6, 6.07) is 16.4. The maximum absolute atomic E-state index is 11.6. The van der Waals surface area contributed by atoms with Gasteiger partial charge in [0.15, 0.2) is 0 Å². The van der Waals surface area contributed by atoms with Crippen LogP contribution in [0.1, 0.15) is 42.3 Å². The minimum absolute atomic E-state index is 0.110. The van der Waals surface area contributed by atoms with Crippen LogP contribution in [0.4, 0.5) is 0 Å². The van der Waals surface area contributed by atoms with Crippen molar-refractivity contribution in [1.29, 1.82) is 0 Å².